The van der Waals surface area contributed by atoms with Crippen LogP contribution in [-0.4, -0.2) is 35.3 Å². The maximum atomic E-state index is 13.0. The number of ether oxygens (including phenoxy) is 1. The van der Waals surface area contributed by atoms with Crippen LogP contribution < -0.4 is 21.1 Å². The number of thioether (sulfide) groups is 1. The van der Waals surface area contributed by atoms with Crippen molar-refractivity contribution in [1.29, 1.82) is 5.26 Å². The number of aromatic nitrogens is 2. The van der Waals surface area contributed by atoms with Crippen LogP contribution in [0.1, 0.15) is 18.1 Å². The van der Waals surface area contributed by atoms with Crippen LogP contribution >= 0.6 is 11.8 Å². The third-order valence-electron chi connectivity index (χ3n) is 3.73. The number of amides is 1. The molecule has 1 atom stereocenters. The molecule has 0 spiro atoms. The lowest BCUT2D eigenvalue weighted by molar-refractivity contribution is -0.137. The van der Waals surface area contributed by atoms with E-state index in [0.717, 1.165) is 18.2 Å². The molecule has 0 fully saturated rings. The standard InChI is InChI=1S/C17H17F3N6O2S/c1-8(23-13-10(7-21)15(29-3)26-16(22)25-13)14(27)24-11-6-9(17(18,19)20)4-5-12(11)28-2/h4-6,8H,1-3H3,(H,24,27)(H3,22,23,25,26)/t8-/m0/s1. The topological polar surface area (TPSA) is 126 Å². The Bertz CT molecular complexity index is 961. The Labute approximate surface area is 168 Å². The normalized spacial score (nSPS) is 12.0. The number of carbonyl (C=O) groups excluding carboxylic acids is 1. The minimum atomic E-state index is -4.58. The third-order valence-corrected chi connectivity index (χ3v) is 4.41. The second-order valence-corrected chi connectivity index (χ2v) is 6.49. The fourth-order valence-corrected chi connectivity index (χ4v) is 2.83. The molecule has 0 aliphatic rings. The lowest BCUT2D eigenvalue weighted by Crippen LogP contribution is -2.33. The molecule has 0 bridgehead atoms. The Hall–Kier alpha value is -3.20. The maximum Gasteiger partial charge on any atom is 0.416 e. The fourth-order valence-electron chi connectivity index (χ4n) is 2.30. The molecule has 1 aromatic carbocycles. The number of hydrogen-bond acceptors (Lipinski definition) is 8. The number of nitrogens with one attached hydrogen (secondary N) is 2. The number of methoxy groups -OCH3 is 1. The van der Waals surface area contributed by atoms with E-state index in [-0.39, 0.29) is 28.8 Å². The van der Waals surface area contributed by atoms with Crippen molar-refractivity contribution in [2.75, 3.05) is 29.7 Å². The Morgan fingerprint density at radius 1 is 1.38 bits per heavy atom. The van der Waals surface area contributed by atoms with Crippen LogP contribution in [0.2, 0.25) is 0 Å². The van der Waals surface area contributed by atoms with Crippen molar-refractivity contribution < 1.29 is 22.7 Å². The molecule has 0 saturated heterocycles. The van der Waals surface area contributed by atoms with Crippen molar-refractivity contribution >= 4 is 35.1 Å². The van der Waals surface area contributed by atoms with Crippen LogP contribution in [0.15, 0.2) is 23.2 Å². The Morgan fingerprint density at radius 3 is 2.62 bits per heavy atom. The highest BCUT2D eigenvalue weighted by atomic mass is 32.2. The highest BCUT2D eigenvalue weighted by molar-refractivity contribution is 7.98. The molecule has 29 heavy (non-hydrogen) atoms. The van der Waals surface area contributed by atoms with E-state index in [4.69, 9.17) is 10.5 Å². The van der Waals surface area contributed by atoms with Crippen molar-refractivity contribution in [1.82, 2.24) is 9.97 Å². The first-order chi connectivity index (χ1) is 13.6. The summed E-state index contributed by atoms with van der Waals surface area (Å²) in [6, 6.07) is 3.71. The number of carbonyl (C=O) groups is 1. The number of rotatable bonds is 6. The summed E-state index contributed by atoms with van der Waals surface area (Å²) in [7, 11) is 1.27. The van der Waals surface area contributed by atoms with Gasteiger partial charge in [0.05, 0.1) is 18.4 Å². The Kier molecular flexibility index (Phi) is 6.76. The van der Waals surface area contributed by atoms with Gasteiger partial charge in [-0.3, -0.25) is 4.79 Å². The molecule has 154 valence electrons. The largest absolute Gasteiger partial charge is 0.495 e. The SMILES string of the molecule is COc1ccc(C(F)(F)F)cc1NC(=O)[C@H](C)Nc1nc(N)nc(SC)c1C#N. The van der Waals surface area contributed by atoms with Crippen LogP contribution in [0.25, 0.3) is 0 Å². The molecule has 1 amide bonds. The molecule has 1 heterocycles. The molecule has 12 heteroatoms. The number of nitrogen functional groups attached to an aromatic ring is 1. The second kappa shape index (κ2) is 8.87. The minimum absolute atomic E-state index is 0.0445. The van der Waals surface area contributed by atoms with E-state index in [1.54, 1.807) is 6.26 Å². The van der Waals surface area contributed by atoms with E-state index < -0.39 is 23.7 Å². The lowest BCUT2D eigenvalue weighted by atomic mass is 10.1. The number of halogens is 3. The van der Waals surface area contributed by atoms with Gasteiger partial charge in [0.2, 0.25) is 11.9 Å². The minimum Gasteiger partial charge on any atom is -0.495 e. The van der Waals surface area contributed by atoms with Crippen LogP contribution in [0, 0.1) is 11.3 Å². The molecule has 0 aliphatic carbocycles. The van der Waals surface area contributed by atoms with Gasteiger partial charge in [-0.25, -0.2) is 4.98 Å². The van der Waals surface area contributed by atoms with E-state index in [1.165, 1.54) is 25.8 Å². The van der Waals surface area contributed by atoms with Gasteiger partial charge in [0.25, 0.3) is 0 Å². The lowest BCUT2D eigenvalue weighted by Gasteiger charge is -2.18. The molecule has 4 N–H and O–H groups in total. The van der Waals surface area contributed by atoms with Gasteiger partial charge in [0.15, 0.2) is 5.82 Å². The van der Waals surface area contributed by atoms with Crippen molar-refractivity contribution in [3.63, 3.8) is 0 Å². The Balaban J connectivity index is 2.27. The highest BCUT2D eigenvalue weighted by Gasteiger charge is 2.31. The van der Waals surface area contributed by atoms with Gasteiger partial charge in [0, 0.05) is 0 Å². The third kappa shape index (κ3) is 5.20. The van der Waals surface area contributed by atoms with E-state index in [0.29, 0.717) is 5.03 Å². The van der Waals surface area contributed by atoms with Gasteiger partial charge in [-0.2, -0.15) is 23.4 Å². The molecule has 2 rings (SSSR count). The smallest absolute Gasteiger partial charge is 0.416 e. The fraction of sp³-hybridized carbons (Fsp3) is 0.294. The molecule has 0 radical (unpaired) electrons. The van der Waals surface area contributed by atoms with Gasteiger partial charge in [-0.05, 0) is 31.4 Å². The number of nitrogens with zero attached hydrogens (tertiary/aromatic N) is 3. The van der Waals surface area contributed by atoms with Crippen LogP contribution in [0.4, 0.5) is 30.6 Å². The predicted molar refractivity (Wildman–Crippen MR) is 103 cm³/mol. The van der Waals surface area contributed by atoms with Crippen LogP contribution in [0.3, 0.4) is 0 Å². The molecular formula is C17H17F3N6O2S. The molecule has 0 saturated carbocycles. The van der Waals surface area contributed by atoms with Gasteiger partial charge < -0.3 is 21.1 Å². The quantitative estimate of drug-likeness (QED) is 0.475. The van der Waals surface area contributed by atoms with Crippen molar-refractivity contribution in [3.05, 3.63) is 29.3 Å². The zero-order chi connectivity index (χ0) is 21.8. The van der Waals surface area contributed by atoms with Crippen LogP contribution in [0.5, 0.6) is 5.75 Å². The van der Waals surface area contributed by atoms with Gasteiger partial charge in [-0.1, -0.05) is 0 Å². The molecule has 0 unspecified atom stereocenters. The van der Waals surface area contributed by atoms with Gasteiger partial charge in [-0.15, -0.1) is 11.8 Å². The summed E-state index contributed by atoms with van der Waals surface area (Å²) in [5.74, 6) is -0.660. The maximum absolute atomic E-state index is 13.0. The molecule has 8 nitrogen and oxygen atoms in total. The van der Waals surface area contributed by atoms with Crippen molar-refractivity contribution in [2.45, 2.75) is 24.2 Å². The van der Waals surface area contributed by atoms with Crippen molar-refractivity contribution in [3.8, 4) is 11.8 Å². The van der Waals surface area contributed by atoms with E-state index >= 15 is 0 Å². The average molecular weight is 426 g/mol. The molecular weight excluding hydrogens is 409 g/mol. The summed E-state index contributed by atoms with van der Waals surface area (Å²) in [6.07, 6.45) is -2.88. The summed E-state index contributed by atoms with van der Waals surface area (Å²) in [4.78, 5) is 20.4. The molecule has 2 aromatic rings. The average Bonchev–Trinajstić information content (AvgIpc) is 2.66. The summed E-state index contributed by atoms with van der Waals surface area (Å²) < 4.78 is 43.9. The highest BCUT2D eigenvalue weighted by Crippen LogP contribution is 2.35. The zero-order valence-electron chi connectivity index (χ0n) is 15.6. The Morgan fingerprint density at radius 2 is 2.07 bits per heavy atom. The van der Waals surface area contributed by atoms with Crippen molar-refractivity contribution in [2.24, 2.45) is 0 Å². The number of nitriles is 1. The van der Waals surface area contributed by atoms with Gasteiger partial charge >= 0.3 is 6.18 Å². The molecule has 0 aliphatic heterocycles. The monoisotopic (exact) mass is 426 g/mol. The first-order valence-corrected chi connectivity index (χ1v) is 9.27. The number of anilines is 3. The number of benzene rings is 1. The summed E-state index contributed by atoms with van der Waals surface area (Å²) in [5, 5.41) is 14.8. The molecule has 1 aromatic heterocycles. The van der Waals surface area contributed by atoms with E-state index in [1.807, 2.05) is 6.07 Å². The van der Waals surface area contributed by atoms with E-state index in [2.05, 4.69) is 20.6 Å². The van der Waals surface area contributed by atoms with Crippen LogP contribution in [-0.2, 0) is 11.0 Å². The summed E-state index contributed by atoms with van der Waals surface area (Å²) in [5.41, 5.74) is 4.64. The van der Waals surface area contributed by atoms with Gasteiger partial charge in [0.1, 0.15) is 28.4 Å². The van der Waals surface area contributed by atoms with E-state index in [9.17, 15) is 23.2 Å². The number of alkyl halides is 3. The predicted octanol–water partition coefficient (Wildman–Crippen LogP) is 3.12. The number of hydrogen-bond donors (Lipinski definition) is 3. The first-order valence-electron chi connectivity index (χ1n) is 8.05. The second-order valence-electron chi connectivity index (χ2n) is 5.69. The zero-order valence-corrected chi connectivity index (χ0v) is 16.4. The first kappa shape index (κ1) is 22.1. The number of nitrogens with two attached hydrogens (primary N) is 1. The summed E-state index contributed by atoms with van der Waals surface area (Å²) >= 11 is 1.18. The summed E-state index contributed by atoms with van der Waals surface area (Å²) in [6.45, 7) is 1.45.